The smallest absolute Gasteiger partial charge is 0.335 e. The molecule has 2 rings (SSSR count). The van der Waals surface area contributed by atoms with Gasteiger partial charge in [-0.1, -0.05) is 13.8 Å². The largest absolute Gasteiger partial charge is 0.478 e. The number of aliphatic imine (C=N–C) groups is 1. The van der Waals surface area contributed by atoms with Crippen LogP contribution in [0.15, 0.2) is 23.2 Å². The standard InChI is InChI=1S/C14H17NO2/c1-4-14(5-2)9(3)15-12-7-6-10(13(16)17)8-11(12)14/h6-8H,4-5H2,1-3H3,(H,16,17). The van der Waals surface area contributed by atoms with Crippen LogP contribution in [-0.2, 0) is 5.41 Å². The molecular weight excluding hydrogens is 214 g/mol. The van der Waals surface area contributed by atoms with Gasteiger partial charge in [-0.25, -0.2) is 4.79 Å². The van der Waals surface area contributed by atoms with Crippen LogP contribution in [0.1, 0.15) is 49.5 Å². The SMILES string of the molecule is CCC1(CC)C(C)=Nc2ccc(C(=O)O)cc21. The van der Waals surface area contributed by atoms with Crippen LogP contribution in [0.4, 0.5) is 5.69 Å². The minimum absolute atomic E-state index is 0.0687. The Morgan fingerprint density at radius 2 is 2.00 bits per heavy atom. The molecule has 90 valence electrons. The van der Waals surface area contributed by atoms with Crippen LogP contribution >= 0.6 is 0 Å². The molecule has 0 spiro atoms. The van der Waals surface area contributed by atoms with Crippen molar-refractivity contribution in [2.24, 2.45) is 4.99 Å². The number of aromatic carboxylic acids is 1. The first kappa shape index (κ1) is 11.8. The normalized spacial score (nSPS) is 16.5. The summed E-state index contributed by atoms with van der Waals surface area (Å²) < 4.78 is 0. The maximum absolute atomic E-state index is 11.0. The van der Waals surface area contributed by atoms with Gasteiger partial charge >= 0.3 is 5.97 Å². The van der Waals surface area contributed by atoms with Crippen LogP contribution < -0.4 is 0 Å². The first-order valence-electron chi connectivity index (χ1n) is 5.98. The van der Waals surface area contributed by atoms with E-state index in [1.807, 2.05) is 13.0 Å². The fourth-order valence-electron chi connectivity index (χ4n) is 2.78. The average Bonchev–Trinajstić information content (AvgIpc) is 2.60. The maximum Gasteiger partial charge on any atom is 0.335 e. The first-order chi connectivity index (χ1) is 8.05. The van der Waals surface area contributed by atoms with Crippen LogP contribution in [-0.4, -0.2) is 16.8 Å². The van der Waals surface area contributed by atoms with E-state index >= 15 is 0 Å². The van der Waals surface area contributed by atoms with Crippen LogP contribution in [0.2, 0.25) is 0 Å². The van der Waals surface area contributed by atoms with Crippen molar-refractivity contribution in [2.45, 2.75) is 39.0 Å². The molecule has 1 aromatic carbocycles. The second kappa shape index (κ2) is 3.99. The van der Waals surface area contributed by atoms with E-state index in [9.17, 15) is 4.79 Å². The Labute approximate surface area is 101 Å². The molecule has 3 heteroatoms. The summed E-state index contributed by atoms with van der Waals surface area (Å²) >= 11 is 0. The van der Waals surface area contributed by atoms with E-state index in [0.29, 0.717) is 5.56 Å². The number of hydrogen-bond acceptors (Lipinski definition) is 2. The van der Waals surface area contributed by atoms with E-state index in [1.165, 1.54) is 0 Å². The molecule has 1 aliphatic heterocycles. The fourth-order valence-corrected chi connectivity index (χ4v) is 2.78. The molecule has 0 aromatic heterocycles. The summed E-state index contributed by atoms with van der Waals surface area (Å²) in [5, 5.41) is 9.06. The van der Waals surface area contributed by atoms with Gasteiger partial charge in [-0.05, 0) is 43.5 Å². The predicted molar refractivity (Wildman–Crippen MR) is 68.4 cm³/mol. The Morgan fingerprint density at radius 1 is 1.35 bits per heavy atom. The molecule has 0 aliphatic carbocycles. The van der Waals surface area contributed by atoms with Crippen molar-refractivity contribution in [1.29, 1.82) is 0 Å². The number of carboxylic acid groups (broad SMARTS) is 1. The molecule has 0 amide bonds. The van der Waals surface area contributed by atoms with Crippen molar-refractivity contribution >= 4 is 17.4 Å². The van der Waals surface area contributed by atoms with Gasteiger partial charge in [0.25, 0.3) is 0 Å². The van der Waals surface area contributed by atoms with Gasteiger partial charge in [0.1, 0.15) is 0 Å². The Kier molecular flexibility index (Phi) is 2.77. The minimum atomic E-state index is -0.876. The van der Waals surface area contributed by atoms with Gasteiger partial charge in [0, 0.05) is 11.1 Å². The van der Waals surface area contributed by atoms with Gasteiger partial charge in [-0.15, -0.1) is 0 Å². The first-order valence-corrected chi connectivity index (χ1v) is 5.98. The quantitative estimate of drug-likeness (QED) is 0.864. The third-order valence-corrected chi connectivity index (χ3v) is 3.95. The van der Waals surface area contributed by atoms with Gasteiger partial charge < -0.3 is 5.11 Å². The number of carboxylic acids is 1. The third kappa shape index (κ3) is 1.57. The zero-order chi connectivity index (χ0) is 12.6. The number of rotatable bonds is 3. The second-order valence-electron chi connectivity index (χ2n) is 4.52. The molecule has 0 fully saturated rings. The number of benzene rings is 1. The van der Waals surface area contributed by atoms with Crippen molar-refractivity contribution in [2.75, 3.05) is 0 Å². The van der Waals surface area contributed by atoms with Crippen LogP contribution in [0.5, 0.6) is 0 Å². The molecule has 1 heterocycles. The predicted octanol–water partition coefficient (Wildman–Crippen LogP) is 3.55. The van der Waals surface area contributed by atoms with Crippen molar-refractivity contribution in [3.8, 4) is 0 Å². The van der Waals surface area contributed by atoms with Crippen LogP contribution in [0.3, 0.4) is 0 Å². The zero-order valence-corrected chi connectivity index (χ0v) is 10.4. The summed E-state index contributed by atoms with van der Waals surface area (Å²) in [5.41, 5.74) is 3.37. The summed E-state index contributed by atoms with van der Waals surface area (Å²) in [6.45, 7) is 6.30. The van der Waals surface area contributed by atoms with E-state index < -0.39 is 5.97 Å². The number of nitrogens with zero attached hydrogens (tertiary/aromatic N) is 1. The second-order valence-corrected chi connectivity index (χ2v) is 4.52. The lowest BCUT2D eigenvalue weighted by Gasteiger charge is -2.28. The zero-order valence-electron chi connectivity index (χ0n) is 10.4. The van der Waals surface area contributed by atoms with E-state index in [0.717, 1.165) is 29.8 Å². The molecule has 0 radical (unpaired) electrons. The summed E-state index contributed by atoms with van der Waals surface area (Å²) in [7, 11) is 0. The summed E-state index contributed by atoms with van der Waals surface area (Å²) in [6, 6.07) is 5.22. The van der Waals surface area contributed by atoms with E-state index in [2.05, 4.69) is 18.8 Å². The molecule has 1 aliphatic rings. The molecule has 0 saturated carbocycles. The number of fused-ring (bicyclic) bond motifs is 1. The minimum Gasteiger partial charge on any atom is -0.478 e. The van der Waals surface area contributed by atoms with Gasteiger partial charge in [0.15, 0.2) is 0 Å². The van der Waals surface area contributed by atoms with Gasteiger partial charge in [0.05, 0.1) is 11.3 Å². The van der Waals surface area contributed by atoms with Crippen molar-refractivity contribution in [1.82, 2.24) is 0 Å². The molecule has 1 aromatic rings. The molecule has 1 N–H and O–H groups in total. The Morgan fingerprint density at radius 3 is 2.53 bits per heavy atom. The van der Waals surface area contributed by atoms with Gasteiger partial charge in [-0.3, -0.25) is 4.99 Å². The van der Waals surface area contributed by atoms with E-state index in [4.69, 9.17) is 5.11 Å². The number of carbonyl (C=O) groups is 1. The molecule has 0 saturated heterocycles. The molecular formula is C14H17NO2. The van der Waals surface area contributed by atoms with Crippen LogP contribution in [0, 0.1) is 0 Å². The fraction of sp³-hybridized carbons (Fsp3) is 0.429. The highest BCUT2D eigenvalue weighted by molar-refractivity contribution is 6.01. The highest BCUT2D eigenvalue weighted by Crippen LogP contribution is 2.45. The molecule has 3 nitrogen and oxygen atoms in total. The van der Waals surface area contributed by atoms with Crippen molar-refractivity contribution < 1.29 is 9.90 Å². The molecule has 0 unspecified atom stereocenters. The maximum atomic E-state index is 11.0. The highest BCUT2D eigenvalue weighted by atomic mass is 16.4. The molecule has 0 bridgehead atoms. The van der Waals surface area contributed by atoms with Crippen molar-refractivity contribution in [3.05, 3.63) is 29.3 Å². The van der Waals surface area contributed by atoms with Gasteiger partial charge in [0.2, 0.25) is 0 Å². The van der Waals surface area contributed by atoms with Crippen LogP contribution in [0.25, 0.3) is 0 Å². The molecule has 0 atom stereocenters. The lowest BCUT2D eigenvalue weighted by atomic mass is 9.73. The topological polar surface area (TPSA) is 49.7 Å². The monoisotopic (exact) mass is 231 g/mol. The Hall–Kier alpha value is -1.64. The Bertz CT molecular complexity index is 499. The average molecular weight is 231 g/mol. The third-order valence-electron chi connectivity index (χ3n) is 3.95. The van der Waals surface area contributed by atoms with Gasteiger partial charge in [-0.2, -0.15) is 0 Å². The van der Waals surface area contributed by atoms with E-state index in [-0.39, 0.29) is 5.41 Å². The Balaban J connectivity index is 2.61. The lowest BCUT2D eigenvalue weighted by molar-refractivity contribution is 0.0696. The summed E-state index contributed by atoms with van der Waals surface area (Å²) in [6.07, 6.45) is 1.91. The van der Waals surface area contributed by atoms with Crippen molar-refractivity contribution in [3.63, 3.8) is 0 Å². The summed E-state index contributed by atoms with van der Waals surface area (Å²) in [5.74, 6) is -0.876. The van der Waals surface area contributed by atoms with E-state index in [1.54, 1.807) is 12.1 Å². The summed E-state index contributed by atoms with van der Waals surface area (Å²) in [4.78, 5) is 15.6. The highest BCUT2D eigenvalue weighted by Gasteiger charge is 2.38. The lowest BCUT2D eigenvalue weighted by Crippen LogP contribution is -2.29. The number of hydrogen-bond donors (Lipinski definition) is 1. The molecule has 17 heavy (non-hydrogen) atoms.